The summed E-state index contributed by atoms with van der Waals surface area (Å²) in [6.45, 7) is 11.6. The van der Waals surface area contributed by atoms with Gasteiger partial charge in [-0.1, -0.05) is 18.7 Å². The smallest absolute Gasteiger partial charge is 0.334 e. The summed E-state index contributed by atoms with van der Waals surface area (Å²) in [6.07, 6.45) is 3.75. The maximum absolute atomic E-state index is 12.7. The topological polar surface area (TPSA) is 88.1 Å². The molecule has 1 aliphatic heterocycles. The van der Waals surface area contributed by atoms with Crippen LogP contribution >= 0.6 is 0 Å². The molecular weight excluding hydrogens is 448 g/mol. The van der Waals surface area contributed by atoms with Gasteiger partial charge in [0.05, 0.1) is 6.61 Å². The fourth-order valence-corrected chi connectivity index (χ4v) is 5.58. The quantitative estimate of drug-likeness (QED) is 0.255. The zero-order valence-corrected chi connectivity index (χ0v) is 20.7. The van der Waals surface area contributed by atoms with E-state index in [1.165, 1.54) is 13.0 Å². The van der Waals surface area contributed by atoms with Crippen LogP contribution in [-0.2, 0) is 28.6 Å². The Morgan fingerprint density at radius 1 is 1.26 bits per heavy atom. The number of carbonyl (C=O) groups is 3. The Balaban J connectivity index is 1.55. The molecule has 1 saturated heterocycles. The lowest BCUT2D eigenvalue weighted by atomic mass is 9.81. The fraction of sp³-hybridized carbons (Fsp3) is 0.464. The molecule has 3 aliphatic rings. The van der Waals surface area contributed by atoms with E-state index in [2.05, 4.69) is 6.58 Å². The zero-order chi connectivity index (χ0) is 25.3. The number of ether oxygens (including phenoxy) is 4. The highest BCUT2D eigenvalue weighted by Gasteiger charge is 2.56. The highest BCUT2D eigenvalue weighted by molar-refractivity contribution is 5.91. The predicted molar refractivity (Wildman–Crippen MR) is 129 cm³/mol. The summed E-state index contributed by atoms with van der Waals surface area (Å²) in [4.78, 5) is 36.9. The Kier molecular flexibility index (Phi) is 6.88. The standard InChI is InChI=1S/C28H32O7/c1-6-32-20-10-7-19(8-11-20)9-12-24(30)33-23-15-22-25(17(23)3)26-21(16(2)27(31)34-26)13-14-28(22,5)35-18(4)29/h7-12,21-23,26H,2,6,13-15H2,1,3-5H3/b12-9+/t21-,22?,23-,26-,28+/m0/s1. The first-order chi connectivity index (χ1) is 16.6. The summed E-state index contributed by atoms with van der Waals surface area (Å²) in [5.74, 6) is -0.878. The Hall–Kier alpha value is -3.35. The second kappa shape index (κ2) is 9.72. The van der Waals surface area contributed by atoms with Gasteiger partial charge >= 0.3 is 17.9 Å². The van der Waals surface area contributed by atoms with Gasteiger partial charge in [0.25, 0.3) is 0 Å². The van der Waals surface area contributed by atoms with Crippen molar-refractivity contribution >= 4 is 24.0 Å². The van der Waals surface area contributed by atoms with Gasteiger partial charge < -0.3 is 18.9 Å². The van der Waals surface area contributed by atoms with Crippen LogP contribution in [0.5, 0.6) is 5.75 Å². The van der Waals surface area contributed by atoms with Crippen LogP contribution in [0.3, 0.4) is 0 Å². The van der Waals surface area contributed by atoms with Gasteiger partial charge in [0.1, 0.15) is 23.6 Å². The first-order valence-electron chi connectivity index (χ1n) is 12.0. The Morgan fingerprint density at radius 3 is 2.63 bits per heavy atom. The molecule has 4 rings (SSSR count). The first-order valence-corrected chi connectivity index (χ1v) is 12.0. The number of hydrogen-bond donors (Lipinski definition) is 0. The van der Waals surface area contributed by atoms with Crippen LogP contribution in [-0.4, -0.2) is 42.3 Å². The molecule has 186 valence electrons. The van der Waals surface area contributed by atoms with E-state index in [4.69, 9.17) is 18.9 Å². The van der Waals surface area contributed by atoms with E-state index in [1.807, 2.05) is 45.0 Å². The molecule has 1 saturated carbocycles. The van der Waals surface area contributed by atoms with Gasteiger partial charge in [0.15, 0.2) is 0 Å². The van der Waals surface area contributed by atoms with Crippen molar-refractivity contribution in [2.75, 3.05) is 6.61 Å². The maximum atomic E-state index is 12.7. The van der Waals surface area contributed by atoms with Crippen LogP contribution in [0.25, 0.3) is 6.08 Å². The molecule has 0 amide bonds. The average molecular weight is 481 g/mol. The molecule has 0 radical (unpaired) electrons. The van der Waals surface area contributed by atoms with Crippen LogP contribution in [0.15, 0.2) is 53.6 Å². The third-order valence-corrected chi connectivity index (χ3v) is 7.31. The fourth-order valence-electron chi connectivity index (χ4n) is 5.58. The van der Waals surface area contributed by atoms with Gasteiger partial charge in [-0.05, 0) is 75.0 Å². The minimum absolute atomic E-state index is 0.179. The largest absolute Gasteiger partial charge is 0.494 e. The highest BCUT2D eigenvalue weighted by Crippen LogP contribution is 2.53. The van der Waals surface area contributed by atoms with Crippen molar-refractivity contribution < 1.29 is 33.3 Å². The minimum Gasteiger partial charge on any atom is -0.494 e. The summed E-state index contributed by atoms with van der Waals surface area (Å²) in [7, 11) is 0. The van der Waals surface area contributed by atoms with E-state index in [1.54, 1.807) is 6.08 Å². The number of carbonyl (C=O) groups excluding carboxylic acids is 3. The van der Waals surface area contributed by atoms with Crippen molar-refractivity contribution in [3.63, 3.8) is 0 Å². The second-order valence-corrected chi connectivity index (χ2v) is 9.59. The van der Waals surface area contributed by atoms with E-state index in [0.29, 0.717) is 31.4 Å². The number of benzene rings is 1. The van der Waals surface area contributed by atoms with Crippen molar-refractivity contribution in [1.29, 1.82) is 0 Å². The number of esters is 3. The van der Waals surface area contributed by atoms with Crippen LogP contribution in [0.2, 0.25) is 0 Å². The molecule has 1 unspecified atom stereocenters. The SMILES string of the molecule is C=C1C(=O)O[C@@H]2C3=C(C)[C@@H](OC(=O)/C=C/c4ccc(OCC)cc4)CC3[C@](C)(OC(C)=O)CC[C@@H]12. The van der Waals surface area contributed by atoms with E-state index in [-0.39, 0.29) is 17.8 Å². The van der Waals surface area contributed by atoms with Crippen molar-refractivity contribution in [3.05, 3.63) is 59.2 Å². The summed E-state index contributed by atoms with van der Waals surface area (Å²) in [6, 6.07) is 7.41. The average Bonchev–Trinajstić information content (AvgIpc) is 3.23. The zero-order valence-electron chi connectivity index (χ0n) is 20.7. The Labute approximate surface area is 205 Å². The molecule has 0 N–H and O–H groups in total. The molecule has 1 aromatic carbocycles. The monoisotopic (exact) mass is 480 g/mol. The second-order valence-electron chi connectivity index (χ2n) is 9.59. The normalized spacial score (nSPS) is 29.9. The lowest BCUT2D eigenvalue weighted by Gasteiger charge is -2.35. The molecule has 35 heavy (non-hydrogen) atoms. The summed E-state index contributed by atoms with van der Waals surface area (Å²) < 4.78 is 22.8. The molecule has 0 aromatic heterocycles. The van der Waals surface area contributed by atoms with E-state index in [9.17, 15) is 14.4 Å². The van der Waals surface area contributed by atoms with Gasteiger partial charge in [0.2, 0.25) is 0 Å². The van der Waals surface area contributed by atoms with Crippen molar-refractivity contribution in [2.45, 2.75) is 64.8 Å². The van der Waals surface area contributed by atoms with E-state index >= 15 is 0 Å². The van der Waals surface area contributed by atoms with E-state index in [0.717, 1.165) is 22.5 Å². The minimum atomic E-state index is -0.793. The molecule has 1 heterocycles. The molecule has 1 aromatic rings. The summed E-state index contributed by atoms with van der Waals surface area (Å²) in [5, 5.41) is 0. The lowest BCUT2D eigenvalue weighted by molar-refractivity contribution is -0.162. The molecule has 0 spiro atoms. The van der Waals surface area contributed by atoms with Gasteiger partial charge in [-0.2, -0.15) is 0 Å². The lowest BCUT2D eigenvalue weighted by Crippen LogP contribution is -2.40. The molecule has 5 atom stereocenters. The van der Waals surface area contributed by atoms with E-state index < -0.39 is 29.7 Å². The Bertz CT molecular complexity index is 1100. The first kappa shape index (κ1) is 24.8. The van der Waals surface area contributed by atoms with Gasteiger partial charge in [-0.15, -0.1) is 0 Å². The van der Waals surface area contributed by atoms with Crippen molar-refractivity contribution in [3.8, 4) is 5.75 Å². The molecule has 7 heteroatoms. The van der Waals surface area contributed by atoms with Crippen LogP contribution in [0.4, 0.5) is 0 Å². The molecule has 2 fully saturated rings. The highest BCUT2D eigenvalue weighted by atomic mass is 16.6. The van der Waals surface area contributed by atoms with Gasteiger partial charge in [-0.3, -0.25) is 4.79 Å². The maximum Gasteiger partial charge on any atom is 0.334 e. The van der Waals surface area contributed by atoms with Gasteiger partial charge in [0, 0.05) is 30.4 Å². The number of fused-ring (bicyclic) bond motifs is 3. The van der Waals surface area contributed by atoms with Crippen molar-refractivity contribution in [1.82, 2.24) is 0 Å². The number of hydrogen-bond acceptors (Lipinski definition) is 7. The molecule has 7 nitrogen and oxygen atoms in total. The van der Waals surface area contributed by atoms with Gasteiger partial charge in [-0.25, -0.2) is 9.59 Å². The molecular formula is C28H32O7. The predicted octanol–water partition coefficient (Wildman–Crippen LogP) is 4.56. The van der Waals surface area contributed by atoms with Crippen molar-refractivity contribution in [2.24, 2.45) is 11.8 Å². The third-order valence-electron chi connectivity index (χ3n) is 7.31. The Morgan fingerprint density at radius 2 is 1.97 bits per heavy atom. The van der Waals surface area contributed by atoms with Crippen LogP contribution < -0.4 is 4.74 Å². The molecule has 2 aliphatic carbocycles. The van der Waals surface area contributed by atoms with Crippen LogP contribution in [0.1, 0.15) is 52.5 Å². The van der Waals surface area contributed by atoms with Crippen LogP contribution in [0, 0.1) is 11.8 Å². The third kappa shape index (κ3) is 4.90. The molecule has 0 bridgehead atoms. The number of rotatable bonds is 6. The summed E-state index contributed by atoms with van der Waals surface area (Å²) in [5.41, 5.74) is 2.23. The summed E-state index contributed by atoms with van der Waals surface area (Å²) >= 11 is 0.